The SMILES string of the molecule is Cc1cc(Br)c(OC2CC2)c(C2CCNC2)c1. The maximum Gasteiger partial charge on any atom is 0.137 e. The molecule has 0 amide bonds. The second-order valence-corrected chi connectivity index (χ2v) is 6.03. The van der Waals surface area contributed by atoms with E-state index in [0.717, 1.165) is 23.3 Å². The second-order valence-electron chi connectivity index (χ2n) is 5.17. The lowest BCUT2D eigenvalue weighted by Crippen LogP contribution is -2.10. The van der Waals surface area contributed by atoms with Gasteiger partial charge in [-0.3, -0.25) is 0 Å². The summed E-state index contributed by atoms with van der Waals surface area (Å²) in [6.07, 6.45) is 4.10. The van der Waals surface area contributed by atoms with Gasteiger partial charge in [0.1, 0.15) is 5.75 Å². The first-order chi connectivity index (χ1) is 8.24. The molecule has 1 aliphatic carbocycles. The average Bonchev–Trinajstić information content (AvgIpc) is 2.93. The van der Waals surface area contributed by atoms with E-state index in [1.807, 2.05) is 0 Å². The topological polar surface area (TPSA) is 21.3 Å². The summed E-state index contributed by atoms with van der Waals surface area (Å²) < 4.78 is 7.20. The molecule has 0 aromatic heterocycles. The third-order valence-corrected chi connectivity index (χ3v) is 4.11. The van der Waals surface area contributed by atoms with Crippen LogP contribution in [0, 0.1) is 6.92 Å². The molecule has 1 atom stereocenters. The van der Waals surface area contributed by atoms with Gasteiger partial charge >= 0.3 is 0 Å². The fourth-order valence-electron chi connectivity index (χ4n) is 2.46. The van der Waals surface area contributed by atoms with E-state index in [0.29, 0.717) is 12.0 Å². The Labute approximate surface area is 111 Å². The van der Waals surface area contributed by atoms with Gasteiger partial charge in [0.25, 0.3) is 0 Å². The summed E-state index contributed by atoms with van der Waals surface area (Å²) in [4.78, 5) is 0. The van der Waals surface area contributed by atoms with Crippen LogP contribution in [0.2, 0.25) is 0 Å². The molecule has 0 radical (unpaired) electrons. The highest BCUT2D eigenvalue weighted by Crippen LogP contribution is 2.40. The highest BCUT2D eigenvalue weighted by Gasteiger charge is 2.28. The molecule has 2 fully saturated rings. The lowest BCUT2D eigenvalue weighted by molar-refractivity contribution is 0.296. The monoisotopic (exact) mass is 295 g/mol. The molecule has 1 saturated carbocycles. The molecule has 1 aromatic carbocycles. The van der Waals surface area contributed by atoms with E-state index < -0.39 is 0 Å². The van der Waals surface area contributed by atoms with Crippen LogP contribution in [0.1, 0.15) is 36.3 Å². The molecule has 0 bridgehead atoms. The number of hydrogen-bond donors (Lipinski definition) is 1. The molecular formula is C14H18BrNO. The summed E-state index contributed by atoms with van der Waals surface area (Å²) in [5.74, 6) is 1.70. The number of aryl methyl sites for hydroxylation is 1. The van der Waals surface area contributed by atoms with Crippen LogP contribution in [0.25, 0.3) is 0 Å². The van der Waals surface area contributed by atoms with Crippen LogP contribution >= 0.6 is 15.9 Å². The van der Waals surface area contributed by atoms with Crippen molar-refractivity contribution in [2.45, 2.75) is 38.2 Å². The van der Waals surface area contributed by atoms with Crippen molar-refractivity contribution in [3.63, 3.8) is 0 Å². The molecule has 1 saturated heterocycles. The Bertz CT molecular complexity index is 422. The van der Waals surface area contributed by atoms with E-state index in [-0.39, 0.29) is 0 Å². The van der Waals surface area contributed by atoms with Crippen LogP contribution < -0.4 is 10.1 Å². The van der Waals surface area contributed by atoms with Gasteiger partial charge in [0.05, 0.1) is 10.6 Å². The first-order valence-corrected chi connectivity index (χ1v) is 7.21. The van der Waals surface area contributed by atoms with Crippen LogP contribution in [0.5, 0.6) is 5.75 Å². The first kappa shape index (κ1) is 11.5. The van der Waals surface area contributed by atoms with Crippen molar-refractivity contribution in [1.29, 1.82) is 0 Å². The molecule has 2 aliphatic rings. The number of ether oxygens (including phenoxy) is 1. The third kappa shape index (κ3) is 2.50. The molecular weight excluding hydrogens is 278 g/mol. The van der Waals surface area contributed by atoms with Gasteiger partial charge in [0, 0.05) is 12.5 Å². The smallest absolute Gasteiger partial charge is 0.137 e. The predicted octanol–water partition coefficient (Wildman–Crippen LogP) is 3.38. The fraction of sp³-hybridized carbons (Fsp3) is 0.571. The molecule has 1 unspecified atom stereocenters. The highest BCUT2D eigenvalue weighted by atomic mass is 79.9. The van der Waals surface area contributed by atoms with Gasteiger partial charge in [-0.25, -0.2) is 0 Å². The van der Waals surface area contributed by atoms with Gasteiger partial charge in [0.2, 0.25) is 0 Å². The normalized spacial score (nSPS) is 24.0. The van der Waals surface area contributed by atoms with Crippen molar-refractivity contribution < 1.29 is 4.74 Å². The van der Waals surface area contributed by atoms with E-state index in [4.69, 9.17) is 4.74 Å². The maximum atomic E-state index is 6.08. The largest absolute Gasteiger partial charge is 0.489 e. The average molecular weight is 296 g/mol. The van der Waals surface area contributed by atoms with Crippen molar-refractivity contribution in [3.05, 3.63) is 27.7 Å². The number of benzene rings is 1. The zero-order valence-electron chi connectivity index (χ0n) is 10.1. The molecule has 1 aromatic rings. The van der Waals surface area contributed by atoms with E-state index in [2.05, 4.69) is 40.3 Å². The molecule has 2 nitrogen and oxygen atoms in total. The molecule has 1 N–H and O–H groups in total. The van der Waals surface area contributed by atoms with E-state index in [9.17, 15) is 0 Å². The van der Waals surface area contributed by atoms with Gasteiger partial charge < -0.3 is 10.1 Å². The van der Waals surface area contributed by atoms with Crippen LogP contribution in [-0.2, 0) is 0 Å². The molecule has 3 rings (SSSR count). The molecule has 1 aliphatic heterocycles. The van der Waals surface area contributed by atoms with Crippen molar-refractivity contribution in [1.82, 2.24) is 5.32 Å². The fourth-order valence-corrected chi connectivity index (χ4v) is 3.14. The minimum atomic E-state index is 0.460. The Morgan fingerprint density at radius 1 is 1.29 bits per heavy atom. The number of rotatable bonds is 3. The minimum Gasteiger partial charge on any atom is -0.489 e. The Kier molecular flexibility index (Phi) is 3.14. The highest BCUT2D eigenvalue weighted by molar-refractivity contribution is 9.10. The summed E-state index contributed by atoms with van der Waals surface area (Å²) in [6, 6.07) is 4.45. The summed E-state index contributed by atoms with van der Waals surface area (Å²) in [5.41, 5.74) is 2.69. The molecule has 3 heteroatoms. The van der Waals surface area contributed by atoms with Crippen LogP contribution in [0.4, 0.5) is 0 Å². The first-order valence-electron chi connectivity index (χ1n) is 6.41. The van der Waals surface area contributed by atoms with Gasteiger partial charge in [-0.05, 0) is 65.9 Å². The second kappa shape index (κ2) is 4.62. The van der Waals surface area contributed by atoms with Crippen molar-refractivity contribution >= 4 is 15.9 Å². The van der Waals surface area contributed by atoms with Crippen LogP contribution in [0.15, 0.2) is 16.6 Å². The zero-order valence-corrected chi connectivity index (χ0v) is 11.7. The molecule has 17 heavy (non-hydrogen) atoms. The summed E-state index contributed by atoms with van der Waals surface area (Å²) in [5, 5.41) is 3.44. The van der Waals surface area contributed by atoms with Crippen molar-refractivity contribution in [2.24, 2.45) is 0 Å². The van der Waals surface area contributed by atoms with Gasteiger partial charge in [-0.1, -0.05) is 6.07 Å². The summed E-state index contributed by atoms with van der Waals surface area (Å²) >= 11 is 3.66. The number of hydrogen-bond acceptors (Lipinski definition) is 2. The standard InChI is InChI=1S/C14H18BrNO/c1-9-6-12(10-4-5-16-8-10)14(13(15)7-9)17-11-2-3-11/h6-7,10-11,16H,2-5,8H2,1H3. The van der Waals surface area contributed by atoms with Gasteiger partial charge in [-0.2, -0.15) is 0 Å². The van der Waals surface area contributed by atoms with Crippen molar-refractivity contribution in [3.8, 4) is 5.75 Å². The molecule has 0 spiro atoms. The quantitative estimate of drug-likeness (QED) is 0.923. The minimum absolute atomic E-state index is 0.460. The molecule has 92 valence electrons. The molecule has 1 heterocycles. The van der Waals surface area contributed by atoms with E-state index in [1.165, 1.54) is 30.4 Å². The Hall–Kier alpha value is -0.540. The maximum absolute atomic E-state index is 6.08. The predicted molar refractivity (Wildman–Crippen MR) is 72.8 cm³/mol. The number of nitrogens with one attached hydrogen (secondary N) is 1. The van der Waals surface area contributed by atoms with Gasteiger partial charge in [-0.15, -0.1) is 0 Å². The van der Waals surface area contributed by atoms with Crippen molar-refractivity contribution in [2.75, 3.05) is 13.1 Å². The number of halogens is 1. The third-order valence-electron chi connectivity index (χ3n) is 3.53. The van der Waals surface area contributed by atoms with E-state index >= 15 is 0 Å². The summed E-state index contributed by atoms with van der Waals surface area (Å²) in [7, 11) is 0. The lowest BCUT2D eigenvalue weighted by Gasteiger charge is -2.18. The Morgan fingerprint density at radius 2 is 2.12 bits per heavy atom. The lowest BCUT2D eigenvalue weighted by atomic mass is 9.96. The van der Waals surface area contributed by atoms with Crippen LogP contribution in [0.3, 0.4) is 0 Å². The Morgan fingerprint density at radius 3 is 2.76 bits per heavy atom. The zero-order chi connectivity index (χ0) is 11.8. The van der Waals surface area contributed by atoms with E-state index in [1.54, 1.807) is 0 Å². The van der Waals surface area contributed by atoms with Gasteiger partial charge in [0.15, 0.2) is 0 Å². The Balaban J connectivity index is 1.96. The van der Waals surface area contributed by atoms with Crippen LogP contribution in [-0.4, -0.2) is 19.2 Å². The summed E-state index contributed by atoms with van der Waals surface area (Å²) in [6.45, 7) is 4.35.